The van der Waals surface area contributed by atoms with Crippen LogP contribution in [0.3, 0.4) is 0 Å². The molecule has 2 aromatic carbocycles. The summed E-state index contributed by atoms with van der Waals surface area (Å²) in [5.74, 6) is -0.816. The van der Waals surface area contributed by atoms with Crippen LogP contribution >= 0.6 is 11.3 Å². The third-order valence-electron chi connectivity index (χ3n) is 4.10. The molecule has 0 bridgehead atoms. The molecule has 0 fully saturated rings. The third kappa shape index (κ3) is 5.30. The SMILES string of the molecule is COc1ccc(C(=O)C(OC(=O)CNC(=O)c2cccs2)c2ccccc2)cc1. The molecule has 0 saturated carbocycles. The highest BCUT2D eigenvalue weighted by Crippen LogP contribution is 2.24. The lowest BCUT2D eigenvalue weighted by Gasteiger charge is -2.18. The lowest BCUT2D eigenvalue weighted by atomic mass is 9.99. The first-order valence-electron chi connectivity index (χ1n) is 8.83. The monoisotopic (exact) mass is 409 g/mol. The van der Waals surface area contributed by atoms with Gasteiger partial charge in [-0.25, -0.2) is 0 Å². The van der Waals surface area contributed by atoms with E-state index >= 15 is 0 Å². The van der Waals surface area contributed by atoms with Crippen LogP contribution in [0.1, 0.15) is 31.7 Å². The van der Waals surface area contributed by atoms with Gasteiger partial charge in [0.25, 0.3) is 5.91 Å². The second kappa shape index (κ2) is 9.66. The molecule has 3 aromatic rings. The van der Waals surface area contributed by atoms with E-state index in [1.54, 1.807) is 66.0 Å². The molecule has 1 amide bonds. The maximum atomic E-state index is 13.0. The molecule has 3 rings (SSSR count). The van der Waals surface area contributed by atoms with Crippen molar-refractivity contribution in [1.29, 1.82) is 0 Å². The molecule has 1 heterocycles. The molecule has 0 aliphatic rings. The molecular formula is C22H19NO5S. The zero-order valence-corrected chi connectivity index (χ0v) is 16.5. The molecule has 1 N–H and O–H groups in total. The molecule has 7 heteroatoms. The number of esters is 1. The lowest BCUT2D eigenvalue weighted by molar-refractivity contribution is -0.146. The van der Waals surface area contributed by atoms with Crippen LogP contribution in [0.4, 0.5) is 0 Å². The smallest absolute Gasteiger partial charge is 0.326 e. The summed E-state index contributed by atoms with van der Waals surface area (Å²) in [4.78, 5) is 37.8. The fraction of sp³-hybridized carbons (Fsp3) is 0.136. The van der Waals surface area contributed by atoms with Gasteiger partial charge in [0.15, 0.2) is 6.10 Å². The molecule has 0 aliphatic heterocycles. The Labute approximate surface area is 172 Å². The highest BCUT2D eigenvalue weighted by atomic mass is 32.1. The number of carbonyl (C=O) groups excluding carboxylic acids is 3. The first-order chi connectivity index (χ1) is 14.1. The Balaban J connectivity index is 1.72. The number of amides is 1. The van der Waals surface area contributed by atoms with Gasteiger partial charge in [0.2, 0.25) is 5.78 Å². The number of carbonyl (C=O) groups is 3. The molecule has 1 unspecified atom stereocenters. The average Bonchev–Trinajstić information content (AvgIpc) is 3.31. The summed E-state index contributed by atoms with van der Waals surface area (Å²) in [5.41, 5.74) is 0.932. The van der Waals surface area contributed by atoms with Crippen molar-refractivity contribution in [3.05, 3.63) is 88.1 Å². The summed E-state index contributed by atoms with van der Waals surface area (Å²) in [6.45, 7) is -0.337. The van der Waals surface area contributed by atoms with Crippen molar-refractivity contribution >= 4 is 29.0 Å². The Hall–Kier alpha value is -3.45. The molecule has 0 aliphatic carbocycles. The predicted octanol–water partition coefficient (Wildman–Crippen LogP) is 3.65. The van der Waals surface area contributed by atoms with Gasteiger partial charge in [-0.3, -0.25) is 14.4 Å². The van der Waals surface area contributed by atoms with E-state index in [1.807, 2.05) is 6.07 Å². The van der Waals surface area contributed by atoms with Gasteiger partial charge < -0.3 is 14.8 Å². The van der Waals surface area contributed by atoms with Crippen molar-refractivity contribution in [3.8, 4) is 5.75 Å². The zero-order valence-electron chi connectivity index (χ0n) is 15.7. The number of methoxy groups -OCH3 is 1. The summed E-state index contributed by atoms with van der Waals surface area (Å²) in [6, 6.07) is 18.7. The zero-order chi connectivity index (χ0) is 20.6. The predicted molar refractivity (Wildman–Crippen MR) is 109 cm³/mol. The first kappa shape index (κ1) is 20.3. The van der Waals surface area contributed by atoms with Crippen LogP contribution in [0.2, 0.25) is 0 Å². The van der Waals surface area contributed by atoms with E-state index in [9.17, 15) is 14.4 Å². The first-order valence-corrected chi connectivity index (χ1v) is 9.71. The topological polar surface area (TPSA) is 81.7 Å². The van der Waals surface area contributed by atoms with Crippen molar-refractivity contribution in [2.24, 2.45) is 0 Å². The lowest BCUT2D eigenvalue weighted by Crippen LogP contribution is -2.32. The van der Waals surface area contributed by atoms with Crippen LogP contribution in [-0.4, -0.2) is 31.3 Å². The summed E-state index contributed by atoms with van der Waals surface area (Å²) in [5, 5.41) is 4.27. The minimum Gasteiger partial charge on any atom is -0.497 e. The van der Waals surface area contributed by atoms with Crippen LogP contribution < -0.4 is 10.1 Å². The van der Waals surface area contributed by atoms with E-state index in [2.05, 4.69) is 5.32 Å². The minimum atomic E-state index is -1.12. The Morgan fingerprint density at radius 2 is 1.69 bits per heavy atom. The van der Waals surface area contributed by atoms with E-state index in [0.717, 1.165) is 0 Å². The molecule has 148 valence electrons. The molecule has 0 spiro atoms. The van der Waals surface area contributed by atoms with Gasteiger partial charge in [0.1, 0.15) is 12.3 Å². The molecule has 1 atom stereocenters. The van der Waals surface area contributed by atoms with E-state index in [-0.39, 0.29) is 18.2 Å². The molecule has 29 heavy (non-hydrogen) atoms. The Bertz CT molecular complexity index is 968. The highest BCUT2D eigenvalue weighted by Gasteiger charge is 2.26. The van der Waals surface area contributed by atoms with E-state index in [4.69, 9.17) is 9.47 Å². The minimum absolute atomic E-state index is 0.337. The third-order valence-corrected chi connectivity index (χ3v) is 4.97. The molecule has 6 nitrogen and oxygen atoms in total. The van der Waals surface area contributed by atoms with Gasteiger partial charge in [-0.15, -0.1) is 11.3 Å². The number of nitrogens with one attached hydrogen (secondary N) is 1. The Kier molecular flexibility index (Phi) is 6.76. The number of hydrogen-bond acceptors (Lipinski definition) is 6. The van der Waals surface area contributed by atoms with Crippen LogP contribution in [0.5, 0.6) is 5.75 Å². The molecule has 0 saturated heterocycles. The summed E-state index contributed by atoms with van der Waals surface area (Å²) in [7, 11) is 1.54. The van der Waals surface area contributed by atoms with Gasteiger partial charge in [-0.1, -0.05) is 36.4 Å². The Morgan fingerprint density at radius 1 is 0.966 bits per heavy atom. The Morgan fingerprint density at radius 3 is 2.31 bits per heavy atom. The number of ether oxygens (including phenoxy) is 2. The van der Waals surface area contributed by atoms with Gasteiger partial charge in [-0.05, 0) is 35.7 Å². The van der Waals surface area contributed by atoms with Crippen LogP contribution in [-0.2, 0) is 9.53 Å². The van der Waals surface area contributed by atoms with Crippen LogP contribution in [0.25, 0.3) is 0 Å². The second-order valence-electron chi connectivity index (χ2n) is 6.03. The van der Waals surface area contributed by atoms with Crippen molar-refractivity contribution in [1.82, 2.24) is 5.32 Å². The fourth-order valence-corrected chi connectivity index (χ4v) is 3.27. The normalized spacial score (nSPS) is 11.3. The quantitative estimate of drug-likeness (QED) is 0.454. The highest BCUT2D eigenvalue weighted by molar-refractivity contribution is 7.12. The number of Topliss-reactive ketones (excluding diaryl/α,β-unsaturated/α-hetero) is 1. The van der Waals surface area contributed by atoms with E-state index < -0.39 is 12.1 Å². The maximum absolute atomic E-state index is 13.0. The molecule has 1 aromatic heterocycles. The standard InChI is InChI=1S/C22H19NO5S/c1-27-17-11-9-15(10-12-17)20(25)21(16-6-3-2-4-7-16)28-19(24)14-23-22(26)18-8-5-13-29-18/h2-13,21H,14H2,1H3,(H,23,26). The summed E-state index contributed by atoms with van der Waals surface area (Å²) in [6.07, 6.45) is -1.12. The van der Waals surface area contributed by atoms with Crippen molar-refractivity contribution in [2.45, 2.75) is 6.10 Å². The van der Waals surface area contributed by atoms with E-state index in [1.165, 1.54) is 18.4 Å². The van der Waals surface area contributed by atoms with Gasteiger partial charge in [0.05, 0.1) is 12.0 Å². The van der Waals surface area contributed by atoms with Crippen molar-refractivity contribution in [2.75, 3.05) is 13.7 Å². The van der Waals surface area contributed by atoms with Gasteiger partial charge in [-0.2, -0.15) is 0 Å². The maximum Gasteiger partial charge on any atom is 0.326 e. The van der Waals surface area contributed by atoms with Crippen molar-refractivity contribution in [3.63, 3.8) is 0 Å². The molecule has 0 radical (unpaired) electrons. The van der Waals surface area contributed by atoms with Gasteiger partial charge in [0, 0.05) is 11.1 Å². The second-order valence-corrected chi connectivity index (χ2v) is 6.98. The largest absolute Gasteiger partial charge is 0.497 e. The number of thiophene rings is 1. The molecular weight excluding hydrogens is 390 g/mol. The fourth-order valence-electron chi connectivity index (χ4n) is 2.63. The van der Waals surface area contributed by atoms with Crippen LogP contribution in [0.15, 0.2) is 72.1 Å². The number of benzene rings is 2. The number of ketones is 1. The summed E-state index contributed by atoms with van der Waals surface area (Å²) >= 11 is 1.27. The number of rotatable bonds is 8. The van der Waals surface area contributed by atoms with Gasteiger partial charge >= 0.3 is 5.97 Å². The van der Waals surface area contributed by atoms with Crippen LogP contribution in [0, 0.1) is 0 Å². The number of hydrogen-bond donors (Lipinski definition) is 1. The van der Waals surface area contributed by atoms with Crippen molar-refractivity contribution < 1.29 is 23.9 Å². The van der Waals surface area contributed by atoms with E-state index in [0.29, 0.717) is 21.8 Å². The average molecular weight is 409 g/mol. The summed E-state index contributed by atoms with van der Waals surface area (Å²) < 4.78 is 10.6.